The van der Waals surface area contributed by atoms with E-state index in [1.165, 1.54) is 7.11 Å². The minimum atomic E-state index is -0.384. The molecule has 0 saturated carbocycles. The fraction of sp³-hybridized carbons (Fsp3) is 0.455. The fourth-order valence-electron chi connectivity index (χ4n) is 0.573. The highest BCUT2D eigenvalue weighted by molar-refractivity contribution is 5.86. The Bertz CT molecular complexity index is 278. The highest BCUT2D eigenvalue weighted by atomic mass is 16.6. The van der Waals surface area contributed by atoms with E-state index in [-0.39, 0.29) is 18.0 Å². The molecule has 1 aliphatic heterocycles. The van der Waals surface area contributed by atoms with E-state index in [0.717, 1.165) is 6.08 Å². The normalized spacial score (nSPS) is 16.2. The Morgan fingerprint density at radius 2 is 2.12 bits per heavy atom. The maximum atomic E-state index is 10.3. The third kappa shape index (κ3) is 7.75. The summed E-state index contributed by atoms with van der Waals surface area (Å²) in [4.78, 5) is 20.5. The van der Waals surface area contributed by atoms with Crippen molar-refractivity contribution >= 4 is 11.9 Å². The second kappa shape index (κ2) is 7.64. The molecule has 1 heterocycles. The molecule has 1 saturated heterocycles. The number of carbonyl (C=O) groups excluding carboxylic acids is 2. The molecule has 0 bridgehead atoms. The van der Waals surface area contributed by atoms with Gasteiger partial charge in [0.2, 0.25) is 0 Å². The molecule has 1 rings (SSSR count). The monoisotopic (exact) mass is 228 g/mol. The van der Waals surface area contributed by atoms with Crippen molar-refractivity contribution in [1.29, 1.82) is 0 Å². The first-order valence-corrected chi connectivity index (χ1v) is 4.65. The second-order valence-corrected chi connectivity index (χ2v) is 3.06. The lowest BCUT2D eigenvalue weighted by Crippen LogP contribution is -2.06. The molecule has 90 valence electrons. The van der Waals surface area contributed by atoms with E-state index in [1.807, 2.05) is 0 Å². The van der Waals surface area contributed by atoms with Crippen LogP contribution in [-0.2, 0) is 23.8 Å². The summed E-state index contributed by atoms with van der Waals surface area (Å²) in [6, 6.07) is 0. The van der Waals surface area contributed by atoms with Gasteiger partial charge in [-0.3, -0.25) is 0 Å². The summed E-state index contributed by atoms with van der Waals surface area (Å²) in [6.45, 7) is 9.28. The van der Waals surface area contributed by atoms with E-state index in [4.69, 9.17) is 4.74 Å². The van der Waals surface area contributed by atoms with Crippen molar-refractivity contribution in [3.05, 3.63) is 24.8 Å². The molecule has 0 N–H and O–H groups in total. The number of esters is 2. The molecule has 16 heavy (non-hydrogen) atoms. The van der Waals surface area contributed by atoms with E-state index in [1.54, 1.807) is 6.92 Å². The summed E-state index contributed by atoms with van der Waals surface area (Å²) < 4.78 is 13.7. The molecule has 0 aromatic heterocycles. The van der Waals surface area contributed by atoms with Gasteiger partial charge in [0.05, 0.1) is 13.7 Å². The highest BCUT2D eigenvalue weighted by Gasteiger charge is 2.23. The summed E-state index contributed by atoms with van der Waals surface area (Å²) in [5, 5.41) is 0. The minimum Gasteiger partial charge on any atom is -0.466 e. The Labute approximate surface area is 94.7 Å². The predicted molar refractivity (Wildman–Crippen MR) is 57.7 cm³/mol. The van der Waals surface area contributed by atoms with Crippen molar-refractivity contribution in [3.8, 4) is 0 Å². The van der Waals surface area contributed by atoms with Crippen molar-refractivity contribution in [2.45, 2.75) is 13.0 Å². The molecule has 5 nitrogen and oxygen atoms in total. The Kier molecular flexibility index (Phi) is 6.87. The van der Waals surface area contributed by atoms with Gasteiger partial charge in [-0.1, -0.05) is 13.2 Å². The van der Waals surface area contributed by atoms with Crippen molar-refractivity contribution in [2.24, 2.45) is 0 Å². The molecule has 1 fully saturated rings. The first-order valence-electron chi connectivity index (χ1n) is 4.65. The van der Waals surface area contributed by atoms with Crippen molar-refractivity contribution < 1.29 is 23.8 Å². The molecule has 0 radical (unpaired) electrons. The number of hydrogen-bond acceptors (Lipinski definition) is 5. The zero-order valence-electron chi connectivity index (χ0n) is 9.52. The van der Waals surface area contributed by atoms with Crippen molar-refractivity contribution in [3.63, 3.8) is 0 Å². The zero-order chi connectivity index (χ0) is 12.6. The van der Waals surface area contributed by atoms with Crippen LogP contribution >= 0.6 is 0 Å². The SMILES string of the molecule is C=C(C)C(=O)OC.C=CC(=O)OCC1CO1. The molecule has 0 amide bonds. The van der Waals surface area contributed by atoms with Crippen LogP contribution in [0.1, 0.15) is 6.92 Å². The van der Waals surface area contributed by atoms with Gasteiger partial charge >= 0.3 is 11.9 Å². The summed E-state index contributed by atoms with van der Waals surface area (Å²) in [5.41, 5.74) is 0.433. The van der Waals surface area contributed by atoms with Crippen LogP contribution < -0.4 is 0 Å². The van der Waals surface area contributed by atoms with Crippen molar-refractivity contribution in [2.75, 3.05) is 20.3 Å². The zero-order valence-corrected chi connectivity index (χ0v) is 9.52. The van der Waals surface area contributed by atoms with Crippen LogP contribution in [0.3, 0.4) is 0 Å². The van der Waals surface area contributed by atoms with E-state index in [0.29, 0.717) is 18.8 Å². The van der Waals surface area contributed by atoms with Crippen LogP contribution in [0.5, 0.6) is 0 Å². The maximum absolute atomic E-state index is 10.3. The number of methoxy groups -OCH3 is 1. The van der Waals surface area contributed by atoms with Gasteiger partial charge in [-0.2, -0.15) is 0 Å². The average molecular weight is 228 g/mol. The molecule has 0 aliphatic carbocycles. The third-order valence-electron chi connectivity index (χ3n) is 1.51. The second-order valence-electron chi connectivity index (χ2n) is 3.06. The first kappa shape index (κ1) is 14.4. The van der Waals surface area contributed by atoms with Gasteiger partial charge in [-0.05, 0) is 6.92 Å². The molecule has 0 spiro atoms. The molecule has 5 heteroatoms. The number of epoxide rings is 1. The molecular weight excluding hydrogens is 212 g/mol. The van der Waals surface area contributed by atoms with E-state index in [9.17, 15) is 9.59 Å². The quantitative estimate of drug-likeness (QED) is 0.405. The lowest BCUT2D eigenvalue weighted by molar-refractivity contribution is -0.138. The smallest absolute Gasteiger partial charge is 0.332 e. The van der Waals surface area contributed by atoms with E-state index in [2.05, 4.69) is 22.6 Å². The standard InChI is InChI=1S/C6H8O3.C5H8O2/c1-2-6(7)9-4-5-3-8-5;1-4(2)5(6)7-3/h2,5H,1,3-4H2;1H2,2-3H3. The first-order chi connectivity index (χ1) is 7.51. The lowest BCUT2D eigenvalue weighted by Gasteiger charge is -1.94. The summed E-state index contributed by atoms with van der Waals surface area (Å²) in [7, 11) is 1.33. The van der Waals surface area contributed by atoms with Gasteiger partial charge in [0, 0.05) is 11.6 Å². The van der Waals surface area contributed by atoms with Gasteiger partial charge in [0.1, 0.15) is 12.7 Å². The van der Waals surface area contributed by atoms with E-state index < -0.39 is 0 Å². The van der Waals surface area contributed by atoms with E-state index >= 15 is 0 Å². The summed E-state index contributed by atoms with van der Waals surface area (Å²) in [5.74, 6) is -0.731. The van der Waals surface area contributed by atoms with Gasteiger partial charge in [0.25, 0.3) is 0 Å². The van der Waals surface area contributed by atoms with Crippen LogP contribution in [0.2, 0.25) is 0 Å². The minimum absolute atomic E-state index is 0.147. The third-order valence-corrected chi connectivity index (χ3v) is 1.51. The Morgan fingerprint density at radius 1 is 1.56 bits per heavy atom. The van der Waals surface area contributed by atoms with Crippen LogP contribution in [0.4, 0.5) is 0 Å². The average Bonchev–Trinajstić information content (AvgIpc) is 3.09. The molecule has 1 aliphatic rings. The Morgan fingerprint density at radius 3 is 2.38 bits per heavy atom. The van der Waals surface area contributed by atoms with Gasteiger partial charge in [-0.25, -0.2) is 9.59 Å². The Balaban J connectivity index is 0.000000293. The van der Waals surface area contributed by atoms with Gasteiger partial charge < -0.3 is 14.2 Å². The highest BCUT2D eigenvalue weighted by Crippen LogP contribution is 2.08. The van der Waals surface area contributed by atoms with Crippen molar-refractivity contribution in [1.82, 2.24) is 0 Å². The lowest BCUT2D eigenvalue weighted by atomic mass is 10.4. The summed E-state index contributed by atoms with van der Waals surface area (Å²) >= 11 is 0. The van der Waals surface area contributed by atoms with Crippen LogP contribution in [-0.4, -0.2) is 38.4 Å². The number of rotatable bonds is 4. The molecule has 1 atom stereocenters. The molecular formula is C11H16O5. The molecule has 0 aromatic rings. The number of carbonyl (C=O) groups is 2. The van der Waals surface area contributed by atoms with Crippen LogP contribution in [0.25, 0.3) is 0 Å². The number of ether oxygens (including phenoxy) is 3. The molecule has 1 unspecified atom stereocenters. The maximum Gasteiger partial charge on any atom is 0.332 e. The Hall–Kier alpha value is -1.62. The molecule has 0 aromatic carbocycles. The van der Waals surface area contributed by atoms with Crippen LogP contribution in [0, 0.1) is 0 Å². The predicted octanol–water partition coefficient (Wildman–Crippen LogP) is 0.850. The van der Waals surface area contributed by atoms with Gasteiger partial charge in [-0.15, -0.1) is 0 Å². The summed E-state index contributed by atoms with van der Waals surface area (Å²) in [6.07, 6.45) is 1.29. The number of hydrogen-bond donors (Lipinski definition) is 0. The topological polar surface area (TPSA) is 65.1 Å². The fourth-order valence-corrected chi connectivity index (χ4v) is 0.573. The largest absolute Gasteiger partial charge is 0.466 e. The van der Waals surface area contributed by atoms with Gasteiger partial charge in [0.15, 0.2) is 0 Å². The van der Waals surface area contributed by atoms with Crippen LogP contribution in [0.15, 0.2) is 24.8 Å².